The van der Waals surface area contributed by atoms with Crippen LogP contribution in [0, 0.1) is 23.3 Å². The van der Waals surface area contributed by atoms with Crippen LogP contribution in [0.15, 0.2) is 29.2 Å². The Morgan fingerprint density at radius 2 is 1.77 bits per heavy atom. The molecule has 0 spiro atoms. The Kier molecular flexibility index (Phi) is 6.37. The van der Waals surface area contributed by atoms with E-state index in [4.69, 9.17) is 11.6 Å². The fourth-order valence-electron chi connectivity index (χ4n) is 3.16. The highest BCUT2D eigenvalue weighted by Crippen LogP contribution is 2.31. The average molecular weight is 467 g/mol. The van der Waals surface area contributed by atoms with Gasteiger partial charge in [-0.3, -0.25) is 4.79 Å². The molecule has 1 atom stereocenters. The number of aliphatic hydroxyl groups is 1. The second kappa shape index (κ2) is 8.50. The molecule has 1 aliphatic rings. The van der Waals surface area contributed by atoms with E-state index in [2.05, 4.69) is 5.32 Å². The van der Waals surface area contributed by atoms with E-state index in [9.17, 15) is 35.9 Å². The van der Waals surface area contributed by atoms with E-state index in [1.807, 2.05) is 0 Å². The Bertz CT molecular complexity index is 1090. The van der Waals surface area contributed by atoms with Gasteiger partial charge in [0.05, 0.1) is 17.2 Å². The van der Waals surface area contributed by atoms with Crippen molar-refractivity contribution in [1.29, 1.82) is 0 Å². The number of rotatable bonds is 5. The maximum absolute atomic E-state index is 14.4. The average Bonchev–Trinajstić information content (AvgIpc) is 3.15. The fourth-order valence-corrected chi connectivity index (χ4v) is 5.16. The lowest BCUT2D eigenvalue weighted by molar-refractivity contribution is 0.102. The predicted molar refractivity (Wildman–Crippen MR) is 99.7 cm³/mol. The SMILES string of the molecule is O=C(Nc1cc(F)c(F)c(F)c1)c1cc(S(=O)(=O)N2CCCC2CO)c(F)cc1Cl. The number of nitrogens with one attached hydrogen (secondary N) is 1. The predicted octanol–water partition coefficient (Wildman–Crippen LogP) is 3.29. The lowest BCUT2D eigenvalue weighted by Crippen LogP contribution is -2.38. The Morgan fingerprint density at radius 1 is 1.13 bits per heavy atom. The van der Waals surface area contributed by atoms with Crippen LogP contribution in [-0.4, -0.2) is 42.9 Å². The minimum absolute atomic E-state index is 0.0608. The van der Waals surface area contributed by atoms with Crippen LogP contribution in [0.3, 0.4) is 0 Å². The number of hydrogen-bond acceptors (Lipinski definition) is 4. The Labute approximate surface area is 174 Å². The summed E-state index contributed by atoms with van der Waals surface area (Å²) in [6.45, 7) is -0.394. The number of benzene rings is 2. The maximum Gasteiger partial charge on any atom is 0.257 e. The molecule has 6 nitrogen and oxygen atoms in total. The van der Waals surface area contributed by atoms with Crippen molar-refractivity contribution in [3.63, 3.8) is 0 Å². The highest BCUT2D eigenvalue weighted by atomic mass is 35.5. The van der Waals surface area contributed by atoms with Gasteiger partial charge in [0.15, 0.2) is 17.5 Å². The number of hydrogen-bond donors (Lipinski definition) is 2. The summed E-state index contributed by atoms with van der Waals surface area (Å²) in [5.74, 6) is -7.14. The van der Waals surface area contributed by atoms with E-state index in [1.165, 1.54) is 0 Å². The van der Waals surface area contributed by atoms with Gasteiger partial charge < -0.3 is 10.4 Å². The topological polar surface area (TPSA) is 86.7 Å². The molecule has 0 aliphatic carbocycles. The number of halogens is 5. The molecule has 0 aromatic heterocycles. The molecule has 2 aromatic carbocycles. The largest absolute Gasteiger partial charge is 0.395 e. The third-order valence-electron chi connectivity index (χ3n) is 4.63. The lowest BCUT2D eigenvalue weighted by atomic mass is 10.2. The molecule has 1 aliphatic heterocycles. The summed E-state index contributed by atoms with van der Waals surface area (Å²) in [7, 11) is -4.41. The van der Waals surface area contributed by atoms with Crippen LogP contribution in [0.5, 0.6) is 0 Å². The summed E-state index contributed by atoms with van der Waals surface area (Å²) in [6, 6.07) is 1.63. The first-order chi connectivity index (χ1) is 14.1. The van der Waals surface area contributed by atoms with Crippen molar-refractivity contribution >= 4 is 33.2 Å². The van der Waals surface area contributed by atoms with E-state index in [0.29, 0.717) is 37.1 Å². The number of nitrogens with zero attached hydrogens (tertiary/aromatic N) is 1. The molecule has 1 heterocycles. The summed E-state index contributed by atoms with van der Waals surface area (Å²) in [4.78, 5) is 11.6. The van der Waals surface area contributed by atoms with Crippen LogP contribution >= 0.6 is 11.6 Å². The summed E-state index contributed by atoms with van der Waals surface area (Å²) in [6.07, 6.45) is 0.856. The number of aliphatic hydroxyl groups excluding tert-OH is 1. The Hall–Kier alpha value is -2.21. The second-order valence-corrected chi connectivity index (χ2v) is 8.83. The van der Waals surface area contributed by atoms with Gasteiger partial charge in [-0.2, -0.15) is 4.31 Å². The van der Waals surface area contributed by atoms with Gasteiger partial charge in [-0.15, -0.1) is 0 Å². The van der Waals surface area contributed by atoms with Crippen LogP contribution in [0.1, 0.15) is 23.2 Å². The number of carbonyl (C=O) groups excluding carboxylic acids is 1. The van der Waals surface area contributed by atoms with Crippen molar-refractivity contribution in [2.75, 3.05) is 18.5 Å². The van der Waals surface area contributed by atoms with Gasteiger partial charge in [-0.25, -0.2) is 26.0 Å². The van der Waals surface area contributed by atoms with Crippen LogP contribution in [0.25, 0.3) is 0 Å². The molecule has 1 unspecified atom stereocenters. The molecule has 3 rings (SSSR count). The summed E-state index contributed by atoms with van der Waals surface area (Å²) in [5, 5.41) is 11.0. The molecular weight excluding hydrogens is 452 g/mol. The van der Waals surface area contributed by atoms with Gasteiger partial charge in [-0.05, 0) is 25.0 Å². The number of sulfonamides is 1. The molecule has 2 aromatic rings. The van der Waals surface area contributed by atoms with Gasteiger partial charge in [0, 0.05) is 30.4 Å². The second-order valence-electron chi connectivity index (χ2n) is 6.56. The van der Waals surface area contributed by atoms with Gasteiger partial charge in [-0.1, -0.05) is 11.6 Å². The van der Waals surface area contributed by atoms with Crippen LogP contribution < -0.4 is 5.32 Å². The van der Waals surface area contributed by atoms with Crippen LogP contribution in [0.4, 0.5) is 23.2 Å². The van der Waals surface area contributed by atoms with Gasteiger partial charge in [0.2, 0.25) is 10.0 Å². The molecule has 2 N–H and O–H groups in total. The number of amides is 1. The molecule has 162 valence electrons. The number of anilines is 1. The summed E-state index contributed by atoms with van der Waals surface area (Å²) < 4.78 is 80.8. The van der Waals surface area contributed by atoms with Crippen molar-refractivity contribution in [1.82, 2.24) is 4.31 Å². The van der Waals surface area contributed by atoms with Crippen molar-refractivity contribution in [3.05, 3.63) is 58.1 Å². The van der Waals surface area contributed by atoms with Gasteiger partial charge >= 0.3 is 0 Å². The zero-order chi connectivity index (χ0) is 22.2. The van der Waals surface area contributed by atoms with Gasteiger partial charge in [0.25, 0.3) is 5.91 Å². The van der Waals surface area contributed by atoms with Crippen molar-refractivity contribution in [3.8, 4) is 0 Å². The molecule has 1 amide bonds. The first-order valence-electron chi connectivity index (χ1n) is 8.64. The zero-order valence-corrected chi connectivity index (χ0v) is 16.7. The fraction of sp³-hybridized carbons (Fsp3) is 0.278. The molecule has 30 heavy (non-hydrogen) atoms. The van der Waals surface area contributed by atoms with Crippen molar-refractivity contribution in [2.45, 2.75) is 23.8 Å². The van der Waals surface area contributed by atoms with Crippen LogP contribution in [-0.2, 0) is 10.0 Å². The van der Waals surface area contributed by atoms with Gasteiger partial charge in [0.1, 0.15) is 10.7 Å². The van der Waals surface area contributed by atoms with E-state index in [1.54, 1.807) is 0 Å². The first-order valence-corrected chi connectivity index (χ1v) is 10.5. The molecule has 0 radical (unpaired) electrons. The molecule has 12 heteroatoms. The molecule has 1 saturated heterocycles. The lowest BCUT2D eigenvalue weighted by Gasteiger charge is -2.23. The van der Waals surface area contributed by atoms with E-state index in [-0.39, 0.29) is 6.54 Å². The molecule has 1 fully saturated rings. The Balaban J connectivity index is 1.98. The highest BCUT2D eigenvalue weighted by Gasteiger charge is 2.37. The monoisotopic (exact) mass is 466 g/mol. The molecular formula is C18H15ClF4N2O4S. The smallest absolute Gasteiger partial charge is 0.257 e. The number of carbonyl (C=O) groups is 1. The summed E-state index contributed by atoms with van der Waals surface area (Å²) in [5.41, 5.74) is -0.942. The standard InChI is InChI=1S/C18H15ClF4N2O4S/c19-12-7-13(20)16(30(28,29)25-3-1-2-10(25)8-26)6-11(12)18(27)24-9-4-14(21)17(23)15(22)5-9/h4-7,10,26H,1-3,8H2,(H,24,27). The van der Waals surface area contributed by atoms with Crippen molar-refractivity contribution in [2.24, 2.45) is 0 Å². The highest BCUT2D eigenvalue weighted by molar-refractivity contribution is 7.89. The third-order valence-corrected chi connectivity index (χ3v) is 6.91. The first kappa shape index (κ1) is 22.5. The molecule has 0 bridgehead atoms. The van der Waals surface area contributed by atoms with Crippen LogP contribution in [0.2, 0.25) is 5.02 Å². The quantitative estimate of drug-likeness (QED) is 0.523. The maximum atomic E-state index is 14.4. The minimum atomic E-state index is -4.41. The Morgan fingerprint density at radius 3 is 2.37 bits per heavy atom. The summed E-state index contributed by atoms with van der Waals surface area (Å²) >= 11 is 5.86. The molecule has 0 saturated carbocycles. The normalized spacial score (nSPS) is 17.3. The van der Waals surface area contributed by atoms with E-state index in [0.717, 1.165) is 4.31 Å². The van der Waals surface area contributed by atoms with Crippen molar-refractivity contribution < 1.29 is 35.9 Å². The third kappa shape index (κ3) is 4.15. The zero-order valence-electron chi connectivity index (χ0n) is 15.1. The van der Waals surface area contributed by atoms with E-state index < -0.39 is 73.0 Å². The van der Waals surface area contributed by atoms with E-state index >= 15 is 0 Å². The minimum Gasteiger partial charge on any atom is -0.395 e.